The van der Waals surface area contributed by atoms with Crippen molar-refractivity contribution in [1.29, 1.82) is 0 Å². The summed E-state index contributed by atoms with van der Waals surface area (Å²) in [4.78, 5) is 0. The van der Waals surface area contributed by atoms with E-state index >= 15 is 0 Å². The lowest BCUT2D eigenvalue weighted by atomic mass is 10.1. The van der Waals surface area contributed by atoms with Crippen LogP contribution in [-0.4, -0.2) is 31.5 Å². The van der Waals surface area contributed by atoms with Crippen molar-refractivity contribution in [2.75, 3.05) is 20.3 Å². The van der Waals surface area contributed by atoms with Crippen molar-refractivity contribution in [2.45, 2.75) is 19.1 Å². The van der Waals surface area contributed by atoms with Crippen molar-refractivity contribution in [2.24, 2.45) is 0 Å². The number of methoxy groups -OCH3 is 1. The van der Waals surface area contributed by atoms with Crippen molar-refractivity contribution < 1.29 is 18.6 Å². The molecule has 17 heavy (non-hydrogen) atoms. The normalized spacial score (nSPS) is 14.6. The van der Waals surface area contributed by atoms with Gasteiger partial charge in [-0.2, -0.15) is 0 Å². The van der Waals surface area contributed by atoms with Gasteiger partial charge in [-0.05, 0) is 19.1 Å². The lowest BCUT2D eigenvalue weighted by molar-refractivity contribution is 0.0629. The molecule has 0 saturated carbocycles. The van der Waals surface area contributed by atoms with E-state index in [1.807, 2.05) is 0 Å². The van der Waals surface area contributed by atoms with Gasteiger partial charge in [-0.15, -0.1) is 0 Å². The van der Waals surface area contributed by atoms with E-state index in [2.05, 4.69) is 5.32 Å². The molecule has 0 aliphatic heterocycles. The molecule has 0 radical (unpaired) electrons. The molecular weight excluding hydrogens is 228 g/mol. The third-order valence-electron chi connectivity index (χ3n) is 2.45. The number of hydrogen-bond acceptors (Lipinski definition) is 3. The van der Waals surface area contributed by atoms with E-state index in [-0.39, 0.29) is 18.7 Å². The summed E-state index contributed by atoms with van der Waals surface area (Å²) < 4.78 is 31.6. The number of ether oxygens (including phenoxy) is 1. The van der Waals surface area contributed by atoms with Gasteiger partial charge in [0.15, 0.2) is 0 Å². The minimum Gasteiger partial charge on any atom is -0.389 e. The van der Waals surface area contributed by atoms with Crippen LogP contribution in [0.2, 0.25) is 0 Å². The fourth-order valence-electron chi connectivity index (χ4n) is 1.59. The molecule has 1 rings (SSSR count). The Kier molecular flexibility index (Phi) is 5.47. The van der Waals surface area contributed by atoms with Crippen LogP contribution in [0, 0.1) is 11.6 Å². The summed E-state index contributed by atoms with van der Waals surface area (Å²) in [6.07, 6.45) is -0.697. The predicted molar refractivity (Wildman–Crippen MR) is 60.7 cm³/mol. The summed E-state index contributed by atoms with van der Waals surface area (Å²) >= 11 is 0. The van der Waals surface area contributed by atoms with Crippen LogP contribution in [0.25, 0.3) is 0 Å². The van der Waals surface area contributed by atoms with E-state index in [4.69, 9.17) is 4.74 Å². The number of aliphatic hydroxyl groups excluding tert-OH is 1. The summed E-state index contributed by atoms with van der Waals surface area (Å²) in [5.74, 6) is -1.18. The highest BCUT2D eigenvalue weighted by molar-refractivity contribution is 5.22. The number of hydrogen-bond donors (Lipinski definition) is 2. The molecule has 0 fully saturated rings. The lowest BCUT2D eigenvalue weighted by Gasteiger charge is -2.18. The van der Waals surface area contributed by atoms with Crippen LogP contribution >= 0.6 is 0 Å². The highest BCUT2D eigenvalue weighted by atomic mass is 19.1. The van der Waals surface area contributed by atoms with Crippen LogP contribution in [0.1, 0.15) is 18.5 Å². The molecule has 0 aliphatic rings. The summed E-state index contributed by atoms with van der Waals surface area (Å²) in [6, 6.07) is 3.23. The van der Waals surface area contributed by atoms with Crippen LogP contribution in [0.15, 0.2) is 18.2 Å². The SMILES string of the molecule is COCC(O)CNC(C)c1c(F)cccc1F. The maximum atomic E-state index is 13.4. The molecule has 0 bridgehead atoms. The van der Waals surface area contributed by atoms with Crippen molar-refractivity contribution in [3.63, 3.8) is 0 Å². The van der Waals surface area contributed by atoms with E-state index in [0.717, 1.165) is 0 Å². The summed E-state index contributed by atoms with van der Waals surface area (Å²) in [7, 11) is 1.48. The zero-order valence-corrected chi connectivity index (χ0v) is 9.91. The first-order valence-electron chi connectivity index (χ1n) is 5.40. The van der Waals surface area contributed by atoms with E-state index in [9.17, 15) is 13.9 Å². The molecule has 2 atom stereocenters. The van der Waals surface area contributed by atoms with Gasteiger partial charge in [0.25, 0.3) is 0 Å². The molecule has 2 N–H and O–H groups in total. The summed E-state index contributed by atoms with van der Waals surface area (Å²) in [5, 5.41) is 12.3. The second-order valence-electron chi connectivity index (χ2n) is 3.87. The fraction of sp³-hybridized carbons (Fsp3) is 0.500. The average Bonchev–Trinajstić information content (AvgIpc) is 2.26. The van der Waals surface area contributed by atoms with Gasteiger partial charge in [0.2, 0.25) is 0 Å². The summed E-state index contributed by atoms with van der Waals surface area (Å²) in [6.45, 7) is 2.03. The smallest absolute Gasteiger partial charge is 0.130 e. The van der Waals surface area contributed by atoms with Gasteiger partial charge < -0.3 is 15.2 Å². The monoisotopic (exact) mass is 245 g/mol. The molecule has 0 aromatic heterocycles. The molecule has 5 heteroatoms. The van der Waals surface area contributed by atoms with Gasteiger partial charge in [0, 0.05) is 25.3 Å². The van der Waals surface area contributed by atoms with E-state index in [1.54, 1.807) is 6.92 Å². The number of benzene rings is 1. The standard InChI is InChI=1S/C12H17F2NO2/c1-8(15-6-9(16)7-17-2)12-10(13)4-3-5-11(12)14/h3-5,8-9,15-16H,6-7H2,1-2H3. The molecule has 0 spiro atoms. The zero-order valence-electron chi connectivity index (χ0n) is 9.91. The van der Waals surface area contributed by atoms with Crippen molar-refractivity contribution in [3.05, 3.63) is 35.4 Å². The summed E-state index contributed by atoms with van der Waals surface area (Å²) in [5.41, 5.74) is -0.0166. The van der Waals surface area contributed by atoms with Crippen molar-refractivity contribution in [3.8, 4) is 0 Å². The fourth-order valence-corrected chi connectivity index (χ4v) is 1.59. The maximum Gasteiger partial charge on any atom is 0.130 e. The van der Waals surface area contributed by atoms with Gasteiger partial charge in [-0.3, -0.25) is 0 Å². The van der Waals surface area contributed by atoms with Crippen molar-refractivity contribution >= 4 is 0 Å². The van der Waals surface area contributed by atoms with Crippen LogP contribution in [0.5, 0.6) is 0 Å². The van der Waals surface area contributed by atoms with Crippen molar-refractivity contribution in [1.82, 2.24) is 5.32 Å². The average molecular weight is 245 g/mol. The van der Waals surface area contributed by atoms with Gasteiger partial charge in [0.1, 0.15) is 11.6 Å². The minimum atomic E-state index is -0.697. The highest BCUT2D eigenvalue weighted by Crippen LogP contribution is 2.19. The Bertz CT molecular complexity index is 340. The first-order valence-corrected chi connectivity index (χ1v) is 5.40. The Morgan fingerprint density at radius 2 is 1.94 bits per heavy atom. The van der Waals surface area contributed by atoms with Gasteiger partial charge in [0.05, 0.1) is 12.7 Å². The number of aliphatic hydroxyl groups is 1. The quantitative estimate of drug-likeness (QED) is 0.800. The Morgan fingerprint density at radius 3 is 2.47 bits per heavy atom. The topological polar surface area (TPSA) is 41.5 Å². The minimum absolute atomic E-state index is 0.0166. The van der Waals surface area contributed by atoms with E-state index in [0.29, 0.717) is 0 Å². The molecule has 96 valence electrons. The molecule has 0 amide bonds. The molecule has 3 nitrogen and oxygen atoms in total. The number of rotatable bonds is 6. The molecule has 2 unspecified atom stereocenters. The molecule has 0 heterocycles. The van der Waals surface area contributed by atoms with Gasteiger partial charge in [-0.1, -0.05) is 6.07 Å². The van der Waals surface area contributed by atoms with E-state index < -0.39 is 23.8 Å². The predicted octanol–water partition coefficient (Wildman–Crippen LogP) is 1.62. The number of nitrogens with one attached hydrogen (secondary N) is 1. The largest absolute Gasteiger partial charge is 0.389 e. The molecule has 0 aliphatic carbocycles. The van der Waals surface area contributed by atoms with Crippen LogP contribution in [-0.2, 0) is 4.74 Å². The molecule has 0 saturated heterocycles. The van der Waals surface area contributed by atoms with Gasteiger partial charge in [-0.25, -0.2) is 8.78 Å². The van der Waals surface area contributed by atoms with E-state index in [1.165, 1.54) is 25.3 Å². The highest BCUT2D eigenvalue weighted by Gasteiger charge is 2.16. The molecular formula is C12H17F2NO2. The first-order chi connectivity index (χ1) is 8.06. The van der Waals surface area contributed by atoms with Crippen LogP contribution in [0.4, 0.5) is 8.78 Å². The Morgan fingerprint density at radius 1 is 1.35 bits per heavy atom. The second-order valence-corrected chi connectivity index (χ2v) is 3.87. The Hall–Kier alpha value is -1.04. The third-order valence-corrected chi connectivity index (χ3v) is 2.45. The van der Waals surface area contributed by atoms with Crippen LogP contribution < -0.4 is 5.32 Å². The Balaban J connectivity index is 2.61. The maximum absolute atomic E-state index is 13.4. The third kappa shape index (κ3) is 4.03. The second kappa shape index (κ2) is 6.64. The first kappa shape index (κ1) is 14.0. The lowest BCUT2D eigenvalue weighted by Crippen LogP contribution is -2.32. The zero-order chi connectivity index (χ0) is 12.8. The van der Waals surface area contributed by atoms with Crippen LogP contribution in [0.3, 0.4) is 0 Å². The number of halogens is 2. The molecule has 1 aromatic rings. The molecule has 1 aromatic carbocycles. The Labute approximate surface area is 99.4 Å². The van der Waals surface area contributed by atoms with Gasteiger partial charge >= 0.3 is 0 Å².